The van der Waals surface area contributed by atoms with Crippen LogP contribution in [-0.4, -0.2) is 20.6 Å². The summed E-state index contributed by atoms with van der Waals surface area (Å²) in [5, 5.41) is 9.48. The third-order valence-electron chi connectivity index (χ3n) is 4.42. The topological polar surface area (TPSA) is 72.2 Å². The van der Waals surface area contributed by atoms with Crippen LogP contribution >= 0.6 is 0 Å². The average Bonchev–Trinajstić information content (AvgIpc) is 2.69. The number of carboxylic acids is 1. The molecule has 2 aromatic heterocycles. The van der Waals surface area contributed by atoms with Gasteiger partial charge in [0.15, 0.2) is 0 Å². The van der Waals surface area contributed by atoms with Crippen LogP contribution in [0.1, 0.15) is 10.4 Å². The lowest BCUT2D eigenvalue weighted by Gasteiger charge is -2.14. The Balaban J connectivity index is 2.09. The molecule has 0 aliphatic carbocycles. The number of benzene rings is 2. The van der Waals surface area contributed by atoms with Gasteiger partial charge in [0.1, 0.15) is 17.2 Å². The molecule has 1 N–H and O–H groups in total. The van der Waals surface area contributed by atoms with Crippen LogP contribution in [0.5, 0.6) is 0 Å². The van der Waals surface area contributed by atoms with Crippen LogP contribution < -0.4 is 5.43 Å². The Labute approximate surface area is 157 Å². The molecule has 0 bridgehead atoms. The highest BCUT2D eigenvalue weighted by Crippen LogP contribution is 2.26. The fourth-order valence-electron chi connectivity index (χ4n) is 3.08. The van der Waals surface area contributed by atoms with Crippen LogP contribution in [0, 0.1) is 11.6 Å². The summed E-state index contributed by atoms with van der Waals surface area (Å²) in [5.74, 6) is -3.07. The maximum atomic E-state index is 14.4. The molecule has 0 fully saturated rings. The van der Waals surface area contributed by atoms with Crippen molar-refractivity contribution in [1.82, 2.24) is 9.55 Å². The summed E-state index contributed by atoms with van der Waals surface area (Å²) in [6.07, 6.45) is 4.28. The van der Waals surface area contributed by atoms with E-state index in [0.717, 1.165) is 23.4 Å². The first-order chi connectivity index (χ1) is 13.5. The van der Waals surface area contributed by atoms with Crippen molar-refractivity contribution in [1.29, 1.82) is 0 Å². The summed E-state index contributed by atoms with van der Waals surface area (Å²) < 4.78 is 29.0. The average molecular weight is 378 g/mol. The number of aromatic nitrogens is 2. The number of rotatable bonds is 3. The highest BCUT2D eigenvalue weighted by Gasteiger charge is 2.18. The molecule has 7 heteroatoms. The molecule has 28 heavy (non-hydrogen) atoms. The van der Waals surface area contributed by atoms with Crippen LogP contribution in [0.15, 0.2) is 71.9 Å². The quantitative estimate of drug-likeness (QED) is 0.584. The van der Waals surface area contributed by atoms with Gasteiger partial charge in [-0.05, 0) is 47.5 Å². The van der Waals surface area contributed by atoms with Gasteiger partial charge < -0.3 is 9.67 Å². The van der Waals surface area contributed by atoms with Gasteiger partial charge in [0.25, 0.3) is 0 Å². The number of nitrogens with zero attached hydrogens (tertiary/aromatic N) is 2. The minimum absolute atomic E-state index is 0.0687. The van der Waals surface area contributed by atoms with Crippen LogP contribution in [0.25, 0.3) is 27.7 Å². The Morgan fingerprint density at radius 1 is 0.964 bits per heavy atom. The SMILES string of the molecule is O=C(O)c1cn(-c2ccc(F)cc2F)c2cc(-c3ccncc3)ccc2c1=O. The second-order valence-corrected chi connectivity index (χ2v) is 6.11. The molecule has 0 saturated heterocycles. The Bertz CT molecular complexity index is 1280. The number of halogens is 2. The van der Waals surface area contributed by atoms with E-state index in [1.807, 2.05) is 0 Å². The Kier molecular flexibility index (Phi) is 4.19. The molecule has 0 saturated carbocycles. The molecule has 0 amide bonds. The predicted molar refractivity (Wildman–Crippen MR) is 99.7 cm³/mol. The number of hydrogen-bond acceptors (Lipinski definition) is 3. The summed E-state index contributed by atoms with van der Waals surface area (Å²) in [4.78, 5) is 28.0. The second kappa shape index (κ2) is 6.70. The first-order valence-corrected chi connectivity index (χ1v) is 8.24. The van der Waals surface area contributed by atoms with E-state index in [4.69, 9.17) is 0 Å². The van der Waals surface area contributed by atoms with Gasteiger partial charge in [-0.1, -0.05) is 6.07 Å². The minimum Gasteiger partial charge on any atom is -0.477 e. The number of carboxylic acid groups (broad SMARTS) is 1. The molecular formula is C21H12F2N2O3. The molecule has 2 aromatic carbocycles. The summed E-state index contributed by atoms with van der Waals surface area (Å²) in [7, 11) is 0. The molecule has 5 nitrogen and oxygen atoms in total. The van der Waals surface area contributed by atoms with Crippen molar-refractivity contribution >= 4 is 16.9 Å². The molecule has 0 spiro atoms. The summed E-state index contributed by atoms with van der Waals surface area (Å²) in [6, 6.07) is 11.3. The van der Waals surface area contributed by atoms with E-state index >= 15 is 0 Å². The van der Waals surface area contributed by atoms with Crippen molar-refractivity contribution in [2.75, 3.05) is 0 Å². The Morgan fingerprint density at radius 2 is 1.71 bits per heavy atom. The van der Waals surface area contributed by atoms with E-state index in [0.29, 0.717) is 11.6 Å². The molecule has 0 unspecified atom stereocenters. The molecule has 0 aliphatic rings. The van der Waals surface area contributed by atoms with Crippen LogP contribution in [0.2, 0.25) is 0 Å². The molecule has 0 atom stereocenters. The van der Waals surface area contributed by atoms with Gasteiger partial charge in [-0.25, -0.2) is 13.6 Å². The predicted octanol–water partition coefficient (Wildman–Crippen LogP) is 4.03. The summed E-state index contributed by atoms with van der Waals surface area (Å²) in [6.45, 7) is 0. The molecule has 138 valence electrons. The van der Waals surface area contributed by atoms with Crippen LogP contribution in [0.4, 0.5) is 8.78 Å². The number of fused-ring (bicyclic) bond motifs is 1. The monoisotopic (exact) mass is 378 g/mol. The standard InChI is InChI=1S/C21H12F2N2O3/c22-14-2-4-18(17(23)10-14)25-11-16(21(27)28)20(26)15-3-1-13(9-19(15)25)12-5-7-24-8-6-12/h1-11H,(H,27,28). The zero-order valence-corrected chi connectivity index (χ0v) is 14.3. The van der Waals surface area contributed by atoms with Crippen LogP contribution in [-0.2, 0) is 0 Å². The van der Waals surface area contributed by atoms with E-state index in [2.05, 4.69) is 4.98 Å². The maximum Gasteiger partial charge on any atom is 0.341 e. The maximum absolute atomic E-state index is 14.4. The van der Waals surface area contributed by atoms with Crippen molar-refractivity contribution < 1.29 is 18.7 Å². The smallest absolute Gasteiger partial charge is 0.341 e. The molecular weight excluding hydrogens is 366 g/mol. The first-order valence-electron chi connectivity index (χ1n) is 8.24. The van der Waals surface area contributed by atoms with Gasteiger partial charge in [-0.15, -0.1) is 0 Å². The largest absolute Gasteiger partial charge is 0.477 e. The van der Waals surface area contributed by atoms with E-state index < -0.39 is 28.6 Å². The van der Waals surface area contributed by atoms with Gasteiger partial charge in [-0.3, -0.25) is 9.78 Å². The number of pyridine rings is 2. The van der Waals surface area contributed by atoms with Crippen molar-refractivity contribution in [3.8, 4) is 16.8 Å². The lowest BCUT2D eigenvalue weighted by molar-refractivity contribution is 0.0695. The second-order valence-electron chi connectivity index (χ2n) is 6.11. The summed E-state index contributed by atoms with van der Waals surface area (Å²) in [5.41, 5.74) is 0.595. The van der Waals surface area contributed by atoms with Crippen molar-refractivity contribution in [3.05, 3.63) is 94.5 Å². The fraction of sp³-hybridized carbons (Fsp3) is 0. The Hall–Kier alpha value is -3.87. The van der Waals surface area contributed by atoms with Gasteiger partial charge in [-0.2, -0.15) is 0 Å². The van der Waals surface area contributed by atoms with Crippen molar-refractivity contribution in [2.24, 2.45) is 0 Å². The van der Waals surface area contributed by atoms with E-state index in [1.54, 1.807) is 36.7 Å². The zero-order valence-electron chi connectivity index (χ0n) is 14.3. The fourth-order valence-corrected chi connectivity index (χ4v) is 3.08. The molecule has 0 aliphatic heterocycles. The number of hydrogen-bond donors (Lipinski definition) is 1. The third-order valence-corrected chi connectivity index (χ3v) is 4.42. The Morgan fingerprint density at radius 3 is 2.39 bits per heavy atom. The highest BCUT2D eigenvalue weighted by atomic mass is 19.1. The molecule has 4 aromatic rings. The van der Waals surface area contributed by atoms with Crippen molar-refractivity contribution in [2.45, 2.75) is 0 Å². The molecule has 2 heterocycles. The van der Waals surface area contributed by atoms with Gasteiger partial charge in [0, 0.05) is 30.0 Å². The summed E-state index contributed by atoms with van der Waals surface area (Å²) >= 11 is 0. The van der Waals surface area contributed by atoms with Crippen molar-refractivity contribution in [3.63, 3.8) is 0 Å². The lowest BCUT2D eigenvalue weighted by Crippen LogP contribution is -2.18. The first kappa shape index (κ1) is 17.5. The lowest BCUT2D eigenvalue weighted by atomic mass is 10.0. The number of aromatic carboxylic acids is 1. The van der Waals surface area contributed by atoms with Crippen LogP contribution in [0.3, 0.4) is 0 Å². The van der Waals surface area contributed by atoms with Gasteiger partial charge >= 0.3 is 5.97 Å². The normalized spacial score (nSPS) is 10.9. The van der Waals surface area contributed by atoms with E-state index in [1.165, 1.54) is 16.7 Å². The van der Waals surface area contributed by atoms with E-state index in [9.17, 15) is 23.5 Å². The highest BCUT2D eigenvalue weighted by molar-refractivity contribution is 5.94. The van der Waals surface area contributed by atoms with Gasteiger partial charge in [0.05, 0.1) is 11.2 Å². The number of carbonyl (C=O) groups is 1. The third kappa shape index (κ3) is 2.92. The zero-order chi connectivity index (χ0) is 19.8. The molecule has 0 radical (unpaired) electrons. The van der Waals surface area contributed by atoms with Gasteiger partial charge in [0.2, 0.25) is 5.43 Å². The minimum atomic E-state index is -1.43. The van der Waals surface area contributed by atoms with E-state index in [-0.39, 0.29) is 11.1 Å². The molecule has 4 rings (SSSR count).